The van der Waals surface area contributed by atoms with Gasteiger partial charge in [0.25, 0.3) is 0 Å². The Bertz CT molecular complexity index is 588. The van der Waals surface area contributed by atoms with Crippen LogP contribution >= 0.6 is 0 Å². The Morgan fingerprint density at radius 3 is 2.64 bits per heavy atom. The van der Waals surface area contributed by atoms with Crippen LogP contribution in [0.3, 0.4) is 0 Å². The van der Waals surface area contributed by atoms with Gasteiger partial charge >= 0.3 is 0 Å². The minimum atomic E-state index is -0.945. The molecule has 8 atom stereocenters. The topological polar surface area (TPSA) is 70.1 Å². The second-order valence-electron chi connectivity index (χ2n) is 8.29. The lowest BCUT2D eigenvalue weighted by Crippen LogP contribution is -2.44. The molecule has 2 heterocycles. The molecule has 2 aliphatic heterocycles. The van der Waals surface area contributed by atoms with Crippen molar-refractivity contribution in [3.63, 3.8) is 0 Å². The number of hydrogen-bond acceptors (Lipinski definition) is 4. The highest BCUT2D eigenvalue weighted by molar-refractivity contribution is 6.11. The summed E-state index contributed by atoms with van der Waals surface area (Å²) >= 11 is 0. The van der Waals surface area contributed by atoms with Crippen LogP contribution in [0.5, 0.6) is 0 Å². The number of Topliss-reactive ketones (excluding diaryl/α,β-unsaturated/α-hetero) is 1. The number of allylic oxidation sites excluding steroid dienone is 1. The first-order valence-corrected chi connectivity index (χ1v) is 9.57. The number of ketones is 1. The van der Waals surface area contributed by atoms with Crippen LogP contribution in [0.4, 0.5) is 0 Å². The maximum Gasteiger partial charge on any atom is 0.236 e. The zero-order valence-electron chi connectivity index (χ0n) is 15.9. The fourth-order valence-corrected chi connectivity index (χ4v) is 4.85. The molecule has 0 saturated carbocycles. The number of hydrogen-bond donors (Lipinski definition) is 1. The fraction of sp³-hybridized carbons (Fsp3) is 0.800. The molecule has 25 heavy (non-hydrogen) atoms. The van der Waals surface area contributed by atoms with Crippen molar-refractivity contribution in [3.8, 4) is 0 Å². The van der Waals surface area contributed by atoms with Crippen LogP contribution in [-0.2, 0) is 14.3 Å². The molecule has 0 aromatic heterocycles. The van der Waals surface area contributed by atoms with E-state index in [-0.39, 0.29) is 41.1 Å². The summed E-state index contributed by atoms with van der Waals surface area (Å²) in [5.41, 5.74) is -0.296. The van der Waals surface area contributed by atoms with Gasteiger partial charge in [0.15, 0.2) is 5.78 Å². The van der Waals surface area contributed by atoms with Gasteiger partial charge in [0.05, 0.1) is 23.9 Å². The van der Waals surface area contributed by atoms with E-state index in [2.05, 4.69) is 19.1 Å². The van der Waals surface area contributed by atoms with Gasteiger partial charge in [-0.05, 0) is 38.5 Å². The lowest BCUT2D eigenvalue weighted by atomic mass is 9.69. The third kappa shape index (κ3) is 2.85. The maximum absolute atomic E-state index is 13.0. The number of ether oxygens (including phenoxy) is 1. The van der Waals surface area contributed by atoms with E-state index in [4.69, 9.17) is 4.74 Å². The number of epoxide rings is 1. The number of aliphatic hydroxyl groups is 1. The largest absolute Gasteiger partial charge is 0.392 e. The van der Waals surface area contributed by atoms with Crippen LogP contribution in [0.25, 0.3) is 0 Å². The maximum atomic E-state index is 13.0. The van der Waals surface area contributed by atoms with Crippen molar-refractivity contribution >= 4 is 11.7 Å². The van der Waals surface area contributed by atoms with Gasteiger partial charge in [-0.2, -0.15) is 0 Å². The zero-order chi connectivity index (χ0) is 18.5. The molecule has 1 aliphatic carbocycles. The van der Waals surface area contributed by atoms with E-state index in [1.807, 2.05) is 20.8 Å². The Kier molecular flexibility index (Phi) is 4.84. The minimum absolute atomic E-state index is 0.0415. The molecule has 0 bridgehead atoms. The van der Waals surface area contributed by atoms with Crippen molar-refractivity contribution in [3.05, 3.63) is 12.2 Å². The van der Waals surface area contributed by atoms with E-state index in [1.165, 1.54) is 0 Å². The Hall–Kier alpha value is -1.20. The van der Waals surface area contributed by atoms with Crippen LogP contribution < -0.4 is 0 Å². The fourth-order valence-electron chi connectivity index (χ4n) is 4.85. The first kappa shape index (κ1) is 18.6. The van der Waals surface area contributed by atoms with Gasteiger partial charge in [-0.3, -0.25) is 9.59 Å². The van der Waals surface area contributed by atoms with Gasteiger partial charge in [-0.25, -0.2) is 0 Å². The van der Waals surface area contributed by atoms with Crippen LogP contribution in [0.2, 0.25) is 0 Å². The SMILES string of the molecule is CCC(C)[C@@H]1C(=O)C(C(O)C2CCC=CC2C2(C)OC2C)C(=O)N1C. The summed E-state index contributed by atoms with van der Waals surface area (Å²) in [4.78, 5) is 27.3. The van der Waals surface area contributed by atoms with Gasteiger partial charge in [-0.15, -0.1) is 0 Å². The molecule has 0 radical (unpaired) electrons. The van der Waals surface area contributed by atoms with Gasteiger partial charge < -0.3 is 14.7 Å². The van der Waals surface area contributed by atoms with Gasteiger partial charge in [0.1, 0.15) is 5.92 Å². The minimum Gasteiger partial charge on any atom is -0.392 e. The monoisotopic (exact) mass is 349 g/mol. The lowest BCUT2D eigenvalue weighted by molar-refractivity contribution is -0.138. The average molecular weight is 349 g/mol. The Morgan fingerprint density at radius 2 is 2.08 bits per heavy atom. The molecule has 140 valence electrons. The van der Waals surface area contributed by atoms with E-state index in [0.29, 0.717) is 0 Å². The first-order chi connectivity index (χ1) is 11.7. The average Bonchev–Trinajstić information content (AvgIpc) is 3.15. The molecule has 2 saturated heterocycles. The zero-order valence-corrected chi connectivity index (χ0v) is 15.9. The number of carbonyl (C=O) groups is 2. The number of nitrogens with zero attached hydrogens (tertiary/aromatic N) is 1. The van der Waals surface area contributed by atoms with Crippen molar-refractivity contribution in [1.82, 2.24) is 4.90 Å². The van der Waals surface area contributed by atoms with Gasteiger partial charge in [0, 0.05) is 13.0 Å². The van der Waals surface area contributed by atoms with Crippen molar-refractivity contribution < 1.29 is 19.4 Å². The van der Waals surface area contributed by atoms with E-state index in [9.17, 15) is 14.7 Å². The first-order valence-electron chi connectivity index (χ1n) is 9.57. The lowest BCUT2D eigenvalue weighted by Gasteiger charge is -2.35. The molecule has 5 heteroatoms. The van der Waals surface area contributed by atoms with E-state index in [1.54, 1.807) is 11.9 Å². The molecule has 3 rings (SSSR count). The van der Waals surface area contributed by atoms with Crippen LogP contribution in [0, 0.1) is 23.7 Å². The van der Waals surface area contributed by atoms with Crippen LogP contribution in [-0.4, -0.2) is 52.6 Å². The molecule has 0 spiro atoms. The van der Waals surface area contributed by atoms with Gasteiger partial charge in [-0.1, -0.05) is 32.4 Å². The summed E-state index contributed by atoms with van der Waals surface area (Å²) in [6.45, 7) is 8.11. The Morgan fingerprint density at radius 1 is 1.44 bits per heavy atom. The summed E-state index contributed by atoms with van der Waals surface area (Å²) in [6, 6.07) is -0.415. The Balaban J connectivity index is 1.84. The quantitative estimate of drug-likeness (QED) is 0.469. The highest BCUT2D eigenvalue weighted by Gasteiger charge is 2.59. The number of aliphatic hydroxyl groups excluding tert-OH is 1. The number of amides is 1. The number of rotatable bonds is 5. The van der Waals surface area contributed by atoms with E-state index >= 15 is 0 Å². The number of carbonyl (C=O) groups excluding carboxylic acids is 2. The van der Waals surface area contributed by atoms with E-state index in [0.717, 1.165) is 19.3 Å². The third-order valence-corrected chi connectivity index (χ3v) is 6.91. The van der Waals surface area contributed by atoms with Gasteiger partial charge in [0.2, 0.25) is 5.91 Å². The van der Waals surface area contributed by atoms with Crippen molar-refractivity contribution in [2.24, 2.45) is 23.7 Å². The molecule has 0 aromatic rings. The second-order valence-corrected chi connectivity index (χ2v) is 8.29. The highest BCUT2D eigenvalue weighted by Crippen LogP contribution is 2.50. The summed E-state index contributed by atoms with van der Waals surface area (Å²) in [5, 5.41) is 11.1. The molecule has 2 fully saturated rings. The summed E-state index contributed by atoms with van der Waals surface area (Å²) in [5.74, 6) is -1.25. The normalized spacial score (nSPS) is 43.4. The van der Waals surface area contributed by atoms with Crippen molar-refractivity contribution in [2.45, 2.75) is 70.8 Å². The van der Waals surface area contributed by atoms with Crippen LogP contribution in [0.15, 0.2) is 12.2 Å². The molecular formula is C20H31NO4. The van der Waals surface area contributed by atoms with E-state index < -0.39 is 18.1 Å². The number of likely N-dealkylation sites (N-methyl/N-ethyl adjacent to an activating group) is 1. The summed E-state index contributed by atoms with van der Waals surface area (Å²) < 4.78 is 5.80. The predicted octanol–water partition coefficient (Wildman–Crippen LogP) is 2.18. The standard InChI is InChI=1S/C20H31NO4/c1-6-11(2)16-18(23)15(19(24)21(16)5)17(22)13-9-7-8-10-14(13)20(4)12(3)25-20/h8,10-17,22H,6-7,9H2,1-5H3/t11?,12?,13?,14?,15?,16-,17?,20?/m1/s1. The summed E-state index contributed by atoms with van der Waals surface area (Å²) in [6.07, 6.45) is 5.90. The van der Waals surface area contributed by atoms with Crippen molar-refractivity contribution in [2.75, 3.05) is 7.05 Å². The summed E-state index contributed by atoms with van der Waals surface area (Å²) in [7, 11) is 1.69. The Labute approximate surface area is 150 Å². The number of likely N-dealkylation sites (tertiary alicyclic amines) is 1. The molecule has 5 nitrogen and oxygen atoms in total. The molecule has 3 aliphatic rings. The molecular weight excluding hydrogens is 318 g/mol. The van der Waals surface area contributed by atoms with Crippen molar-refractivity contribution in [1.29, 1.82) is 0 Å². The predicted molar refractivity (Wildman–Crippen MR) is 94.8 cm³/mol. The molecule has 0 aromatic carbocycles. The second kappa shape index (κ2) is 6.51. The molecule has 1 amide bonds. The smallest absolute Gasteiger partial charge is 0.236 e. The highest BCUT2D eigenvalue weighted by atomic mass is 16.6. The van der Waals surface area contributed by atoms with Crippen LogP contribution in [0.1, 0.15) is 47.0 Å². The molecule has 1 N–H and O–H groups in total. The third-order valence-electron chi connectivity index (χ3n) is 6.91. The molecule has 7 unspecified atom stereocenters.